The van der Waals surface area contributed by atoms with Gasteiger partial charge in [-0.1, -0.05) is 31.5 Å². The van der Waals surface area contributed by atoms with E-state index in [1.807, 2.05) is 19.9 Å². The second-order valence-electron chi connectivity index (χ2n) is 8.18. The van der Waals surface area contributed by atoms with Crippen molar-refractivity contribution in [2.24, 2.45) is 0 Å². The number of nitrogens with zero attached hydrogens (tertiary/aromatic N) is 2. The summed E-state index contributed by atoms with van der Waals surface area (Å²) >= 11 is 7.54. The summed E-state index contributed by atoms with van der Waals surface area (Å²) in [5.41, 5.74) is 0.850. The molecular weight excluding hydrogens is 470 g/mol. The standard InChI is InChI=1S/C22H32ClN3O4S2/c1-3-22(27,4-2)15-18-16-31-21(24-18)25-32(28,29)20-8-7-17(14-19(20)23)6-5-9-26-10-12-30-13-11-26/h7-8,14,16,27H,3-6,9-13,15H2,1-2H3,(H,24,25). The molecule has 1 aliphatic heterocycles. The average molecular weight is 502 g/mol. The molecule has 178 valence electrons. The SMILES string of the molecule is CCC(O)(CC)Cc1csc(NS(=O)(=O)c2ccc(CCCN3CCOCC3)cc2Cl)n1. The highest BCUT2D eigenvalue weighted by atomic mass is 35.5. The third-order valence-corrected chi connectivity index (χ3v) is 8.69. The number of aromatic nitrogens is 1. The molecule has 0 spiro atoms. The number of aliphatic hydroxyl groups is 1. The van der Waals surface area contributed by atoms with Crippen molar-refractivity contribution >= 4 is 38.1 Å². The van der Waals surface area contributed by atoms with Crippen LogP contribution in [0.3, 0.4) is 0 Å². The van der Waals surface area contributed by atoms with Crippen molar-refractivity contribution < 1.29 is 18.3 Å². The van der Waals surface area contributed by atoms with Crippen LogP contribution in [-0.4, -0.2) is 61.9 Å². The third kappa shape index (κ3) is 6.88. The first-order valence-corrected chi connectivity index (χ1v) is 13.8. The van der Waals surface area contributed by atoms with Crippen LogP contribution >= 0.6 is 22.9 Å². The Bertz CT molecular complexity index is 987. The van der Waals surface area contributed by atoms with E-state index in [2.05, 4.69) is 14.6 Å². The van der Waals surface area contributed by atoms with E-state index in [0.29, 0.717) is 25.0 Å². The third-order valence-electron chi connectivity index (χ3n) is 5.93. The number of benzene rings is 1. The van der Waals surface area contributed by atoms with Gasteiger partial charge in [-0.3, -0.25) is 9.62 Å². The number of anilines is 1. The zero-order valence-electron chi connectivity index (χ0n) is 18.6. The van der Waals surface area contributed by atoms with Crippen molar-refractivity contribution in [3.8, 4) is 0 Å². The van der Waals surface area contributed by atoms with E-state index in [0.717, 1.165) is 51.3 Å². The van der Waals surface area contributed by atoms with Gasteiger partial charge in [0.1, 0.15) is 4.90 Å². The maximum Gasteiger partial charge on any atom is 0.265 e. The van der Waals surface area contributed by atoms with Crippen molar-refractivity contribution in [2.45, 2.75) is 56.4 Å². The summed E-state index contributed by atoms with van der Waals surface area (Å²) in [6, 6.07) is 5.09. The topological polar surface area (TPSA) is 91.8 Å². The lowest BCUT2D eigenvalue weighted by Crippen LogP contribution is -2.36. The van der Waals surface area contributed by atoms with E-state index < -0.39 is 15.6 Å². The molecular formula is C22H32ClN3O4S2. The summed E-state index contributed by atoms with van der Waals surface area (Å²) in [6.07, 6.45) is 3.41. The van der Waals surface area contributed by atoms with Crippen molar-refractivity contribution in [3.05, 3.63) is 39.9 Å². The summed E-state index contributed by atoms with van der Waals surface area (Å²) < 4.78 is 33.6. The molecule has 0 saturated carbocycles. The van der Waals surface area contributed by atoms with Crippen LogP contribution in [0.5, 0.6) is 0 Å². The lowest BCUT2D eigenvalue weighted by Gasteiger charge is -2.26. The summed E-state index contributed by atoms with van der Waals surface area (Å²) in [5.74, 6) is 0. The van der Waals surface area contributed by atoms with Crippen LogP contribution in [0.4, 0.5) is 5.13 Å². The molecule has 1 saturated heterocycles. The number of rotatable bonds is 11. The molecule has 0 amide bonds. The van der Waals surface area contributed by atoms with Crippen LogP contribution in [0.15, 0.2) is 28.5 Å². The molecule has 0 atom stereocenters. The molecule has 0 radical (unpaired) electrons. The van der Waals surface area contributed by atoms with Gasteiger partial charge in [-0.25, -0.2) is 13.4 Å². The first-order valence-electron chi connectivity index (χ1n) is 11.0. The number of nitrogens with one attached hydrogen (secondary N) is 1. The fourth-order valence-electron chi connectivity index (χ4n) is 3.69. The second kappa shape index (κ2) is 11.3. The van der Waals surface area contributed by atoms with Crippen molar-refractivity contribution in [1.29, 1.82) is 0 Å². The Hall–Kier alpha value is -1.23. The molecule has 3 rings (SSSR count). The monoisotopic (exact) mass is 501 g/mol. The summed E-state index contributed by atoms with van der Waals surface area (Å²) in [5, 5.41) is 12.7. The minimum Gasteiger partial charge on any atom is -0.390 e. The minimum atomic E-state index is -3.86. The van der Waals surface area contributed by atoms with Crippen LogP contribution in [0.25, 0.3) is 0 Å². The summed E-state index contributed by atoms with van der Waals surface area (Å²) in [6.45, 7) is 8.31. The van der Waals surface area contributed by atoms with Crippen LogP contribution in [0.2, 0.25) is 5.02 Å². The maximum atomic E-state index is 12.9. The highest BCUT2D eigenvalue weighted by Crippen LogP contribution is 2.28. The zero-order chi connectivity index (χ0) is 23.2. The van der Waals surface area contributed by atoms with Gasteiger partial charge in [-0.15, -0.1) is 11.3 Å². The van der Waals surface area contributed by atoms with E-state index >= 15 is 0 Å². The van der Waals surface area contributed by atoms with E-state index in [9.17, 15) is 13.5 Å². The number of halogens is 1. The summed E-state index contributed by atoms with van der Waals surface area (Å²) in [7, 11) is -3.86. The average Bonchev–Trinajstić information content (AvgIpc) is 3.19. The fourth-order valence-corrected chi connectivity index (χ4v) is 6.22. The number of morpholine rings is 1. The molecule has 1 aliphatic rings. The predicted molar refractivity (Wildman–Crippen MR) is 129 cm³/mol. The molecule has 10 heteroatoms. The normalized spacial score (nSPS) is 15.8. The Labute approximate surface area is 199 Å². The van der Waals surface area contributed by atoms with E-state index in [1.165, 1.54) is 11.3 Å². The van der Waals surface area contributed by atoms with Crippen molar-refractivity contribution in [1.82, 2.24) is 9.88 Å². The molecule has 2 heterocycles. The number of hydrogen-bond donors (Lipinski definition) is 2. The number of sulfonamides is 1. The smallest absolute Gasteiger partial charge is 0.265 e. The van der Waals surface area contributed by atoms with Crippen molar-refractivity contribution in [3.63, 3.8) is 0 Å². The molecule has 1 fully saturated rings. The maximum absolute atomic E-state index is 12.9. The molecule has 0 bridgehead atoms. The zero-order valence-corrected chi connectivity index (χ0v) is 21.0. The number of aryl methyl sites for hydroxylation is 1. The molecule has 7 nitrogen and oxygen atoms in total. The number of ether oxygens (including phenoxy) is 1. The Morgan fingerprint density at radius 2 is 2.00 bits per heavy atom. The molecule has 0 unspecified atom stereocenters. The van der Waals surface area contributed by atoms with Crippen LogP contribution in [-0.2, 0) is 27.6 Å². The summed E-state index contributed by atoms with van der Waals surface area (Å²) in [4.78, 5) is 6.75. The van der Waals surface area contributed by atoms with E-state index in [4.69, 9.17) is 16.3 Å². The Morgan fingerprint density at radius 1 is 1.28 bits per heavy atom. The van der Waals surface area contributed by atoms with Crippen LogP contribution in [0.1, 0.15) is 44.4 Å². The Balaban J connectivity index is 1.60. The molecule has 1 aromatic heterocycles. The van der Waals surface area contributed by atoms with Gasteiger partial charge in [0.25, 0.3) is 10.0 Å². The Morgan fingerprint density at radius 3 is 2.66 bits per heavy atom. The fraction of sp³-hybridized carbons (Fsp3) is 0.591. The van der Waals surface area contributed by atoms with Gasteiger partial charge in [-0.05, 0) is 49.9 Å². The molecule has 0 aliphatic carbocycles. The van der Waals surface area contributed by atoms with Crippen molar-refractivity contribution in [2.75, 3.05) is 37.6 Å². The lowest BCUT2D eigenvalue weighted by atomic mass is 9.92. The molecule has 1 aromatic carbocycles. The Kier molecular flexibility index (Phi) is 8.94. The van der Waals surface area contributed by atoms with Gasteiger partial charge in [-0.2, -0.15) is 0 Å². The van der Waals surface area contributed by atoms with Gasteiger partial charge < -0.3 is 9.84 Å². The molecule has 2 N–H and O–H groups in total. The molecule has 32 heavy (non-hydrogen) atoms. The second-order valence-corrected chi connectivity index (χ2v) is 11.1. The first-order chi connectivity index (χ1) is 15.2. The van der Waals surface area contributed by atoms with Gasteiger partial charge >= 0.3 is 0 Å². The minimum absolute atomic E-state index is 0.0338. The number of thiazole rings is 1. The van der Waals surface area contributed by atoms with Gasteiger partial charge in [0, 0.05) is 24.9 Å². The highest BCUT2D eigenvalue weighted by molar-refractivity contribution is 7.93. The predicted octanol–water partition coefficient (Wildman–Crippen LogP) is 3.96. The van der Waals surface area contributed by atoms with Crippen LogP contribution < -0.4 is 4.72 Å². The molecule has 2 aromatic rings. The quantitative estimate of drug-likeness (QED) is 0.484. The van der Waals surface area contributed by atoms with Gasteiger partial charge in [0.2, 0.25) is 0 Å². The lowest BCUT2D eigenvalue weighted by molar-refractivity contribution is 0.0319. The van der Waals surface area contributed by atoms with Gasteiger partial charge in [0.05, 0.1) is 29.5 Å². The van der Waals surface area contributed by atoms with E-state index in [-0.39, 0.29) is 15.0 Å². The number of hydrogen-bond acceptors (Lipinski definition) is 7. The highest BCUT2D eigenvalue weighted by Gasteiger charge is 2.25. The first kappa shape index (κ1) is 25.4. The van der Waals surface area contributed by atoms with E-state index in [1.54, 1.807) is 17.5 Å². The van der Waals surface area contributed by atoms with Crippen LogP contribution in [0, 0.1) is 0 Å². The largest absolute Gasteiger partial charge is 0.390 e. The van der Waals surface area contributed by atoms with Gasteiger partial charge in [0.15, 0.2) is 5.13 Å².